The number of aliphatic hydroxyl groups is 1. The smallest absolute Gasteiger partial charge is 0.0819 e. The quantitative estimate of drug-likeness (QED) is 0.934. The second-order valence-electron chi connectivity index (χ2n) is 5.94. The van der Waals surface area contributed by atoms with Gasteiger partial charge in [-0.3, -0.25) is 9.88 Å². The first kappa shape index (κ1) is 15.5. The van der Waals surface area contributed by atoms with E-state index in [0.717, 1.165) is 43.7 Å². The van der Waals surface area contributed by atoms with E-state index < -0.39 is 0 Å². The molecule has 3 rings (SSSR count). The molecule has 1 fully saturated rings. The number of rotatable bonds is 4. The van der Waals surface area contributed by atoms with E-state index in [4.69, 9.17) is 11.6 Å². The molecule has 22 heavy (non-hydrogen) atoms. The summed E-state index contributed by atoms with van der Waals surface area (Å²) in [5, 5.41) is 11.2. The highest BCUT2D eigenvalue weighted by Crippen LogP contribution is 2.30. The standard InChI is InChI=1S/C18H21ClN2O/c19-16-6-7-17(20-12-16)13-21-10-8-15(9-11-21)18(22)14-4-2-1-3-5-14/h1-7,12,15,18,22H,8-11,13H2. The highest BCUT2D eigenvalue weighted by atomic mass is 35.5. The van der Waals surface area contributed by atoms with Crippen LogP contribution in [-0.4, -0.2) is 28.1 Å². The van der Waals surface area contributed by atoms with E-state index in [9.17, 15) is 5.11 Å². The average molecular weight is 317 g/mol. The van der Waals surface area contributed by atoms with Gasteiger partial charge in [-0.15, -0.1) is 0 Å². The molecule has 1 aromatic carbocycles. The van der Waals surface area contributed by atoms with Crippen molar-refractivity contribution in [2.24, 2.45) is 5.92 Å². The first-order valence-corrected chi connectivity index (χ1v) is 8.16. The lowest BCUT2D eigenvalue weighted by molar-refractivity contribution is 0.0564. The second kappa shape index (κ2) is 7.23. The largest absolute Gasteiger partial charge is 0.388 e. The monoisotopic (exact) mass is 316 g/mol. The van der Waals surface area contributed by atoms with E-state index in [1.54, 1.807) is 6.20 Å². The van der Waals surface area contributed by atoms with Crippen LogP contribution in [0.4, 0.5) is 0 Å². The molecule has 0 radical (unpaired) electrons. The van der Waals surface area contributed by atoms with E-state index in [2.05, 4.69) is 9.88 Å². The van der Waals surface area contributed by atoms with E-state index in [0.29, 0.717) is 10.9 Å². The Morgan fingerprint density at radius 3 is 2.50 bits per heavy atom. The van der Waals surface area contributed by atoms with Gasteiger partial charge in [0, 0.05) is 12.7 Å². The number of benzene rings is 1. The van der Waals surface area contributed by atoms with Crippen molar-refractivity contribution in [1.82, 2.24) is 9.88 Å². The Morgan fingerprint density at radius 1 is 1.14 bits per heavy atom. The van der Waals surface area contributed by atoms with E-state index in [1.165, 1.54) is 0 Å². The maximum Gasteiger partial charge on any atom is 0.0819 e. The Hall–Kier alpha value is -1.42. The fourth-order valence-corrected chi connectivity index (χ4v) is 3.19. The molecule has 1 aromatic heterocycles. The van der Waals surface area contributed by atoms with Crippen LogP contribution in [-0.2, 0) is 6.54 Å². The van der Waals surface area contributed by atoms with Crippen LogP contribution in [0.2, 0.25) is 5.02 Å². The van der Waals surface area contributed by atoms with Crippen LogP contribution in [0.1, 0.15) is 30.2 Å². The molecule has 1 atom stereocenters. The minimum Gasteiger partial charge on any atom is -0.388 e. The fourth-order valence-electron chi connectivity index (χ4n) is 3.08. The zero-order valence-electron chi connectivity index (χ0n) is 12.5. The third-order valence-corrected chi connectivity index (χ3v) is 4.62. The minimum atomic E-state index is -0.350. The summed E-state index contributed by atoms with van der Waals surface area (Å²) in [6, 6.07) is 13.8. The van der Waals surface area contributed by atoms with Crippen LogP contribution in [0, 0.1) is 5.92 Å². The van der Waals surface area contributed by atoms with Gasteiger partial charge in [-0.05, 0) is 49.5 Å². The molecule has 1 unspecified atom stereocenters. The summed E-state index contributed by atoms with van der Waals surface area (Å²) >= 11 is 5.86. The number of aliphatic hydroxyl groups excluding tert-OH is 1. The predicted molar refractivity (Wildman–Crippen MR) is 88.6 cm³/mol. The van der Waals surface area contributed by atoms with Gasteiger partial charge in [0.15, 0.2) is 0 Å². The van der Waals surface area contributed by atoms with Crippen LogP contribution < -0.4 is 0 Å². The average Bonchev–Trinajstić information content (AvgIpc) is 2.58. The highest BCUT2D eigenvalue weighted by molar-refractivity contribution is 6.30. The summed E-state index contributed by atoms with van der Waals surface area (Å²) in [5.74, 6) is 0.344. The molecule has 1 saturated heterocycles. The second-order valence-corrected chi connectivity index (χ2v) is 6.37. The van der Waals surface area contributed by atoms with Crippen molar-refractivity contribution in [2.75, 3.05) is 13.1 Å². The van der Waals surface area contributed by atoms with Crippen molar-refractivity contribution in [2.45, 2.75) is 25.5 Å². The molecule has 0 saturated carbocycles. The van der Waals surface area contributed by atoms with E-state index in [1.807, 2.05) is 42.5 Å². The number of hydrogen-bond acceptors (Lipinski definition) is 3. The molecular formula is C18H21ClN2O. The maximum atomic E-state index is 10.5. The Kier molecular flexibility index (Phi) is 5.08. The molecular weight excluding hydrogens is 296 g/mol. The van der Waals surface area contributed by atoms with Gasteiger partial charge in [0.1, 0.15) is 0 Å². The Labute approximate surface area is 136 Å². The van der Waals surface area contributed by atoms with Crippen molar-refractivity contribution in [1.29, 1.82) is 0 Å². The third-order valence-electron chi connectivity index (χ3n) is 4.39. The third kappa shape index (κ3) is 3.86. The lowest BCUT2D eigenvalue weighted by atomic mass is 9.87. The number of halogens is 1. The summed E-state index contributed by atoms with van der Waals surface area (Å²) in [4.78, 5) is 6.74. The van der Waals surface area contributed by atoms with Gasteiger partial charge in [-0.1, -0.05) is 41.9 Å². The molecule has 0 spiro atoms. The first-order valence-electron chi connectivity index (χ1n) is 7.78. The van der Waals surface area contributed by atoms with Gasteiger partial charge in [-0.25, -0.2) is 0 Å². The molecule has 0 amide bonds. The zero-order valence-corrected chi connectivity index (χ0v) is 13.3. The van der Waals surface area contributed by atoms with Gasteiger partial charge in [-0.2, -0.15) is 0 Å². The minimum absolute atomic E-state index is 0.344. The molecule has 1 N–H and O–H groups in total. The SMILES string of the molecule is OC(c1ccccc1)C1CCN(Cc2ccc(Cl)cn2)CC1. The van der Waals surface area contributed by atoms with Crippen LogP contribution in [0.3, 0.4) is 0 Å². The lowest BCUT2D eigenvalue weighted by Gasteiger charge is -2.34. The number of aromatic nitrogens is 1. The van der Waals surface area contributed by atoms with Crippen molar-refractivity contribution >= 4 is 11.6 Å². The molecule has 2 aromatic rings. The molecule has 116 valence electrons. The van der Waals surface area contributed by atoms with Crippen molar-refractivity contribution < 1.29 is 5.11 Å². The highest BCUT2D eigenvalue weighted by Gasteiger charge is 2.26. The zero-order chi connectivity index (χ0) is 15.4. The molecule has 0 bridgehead atoms. The normalized spacial score (nSPS) is 18.3. The number of hydrogen-bond donors (Lipinski definition) is 1. The maximum absolute atomic E-state index is 10.5. The van der Waals surface area contributed by atoms with E-state index >= 15 is 0 Å². The number of pyridine rings is 1. The molecule has 0 aliphatic carbocycles. The van der Waals surface area contributed by atoms with Crippen LogP contribution in [0.15, 0.2) is 48.7 Å². The molecule has 4 heteroatoms. The fraction of sp³-hybridized carbons (Fsp3) is 0.389. The first-order chi connectivity index (χ1) is 10.7. The van der Waals surface area contributed by atoms with Gasteiger partial charge in [0.25, 0.3) is 0 Å². The summed E-state index contributed by atoms with van der Waals surface area (Å²) in [6.45, 7) is 2.85. The van der Waals surface area contributed by atoms with Crippen LogP contribution >= 0.6 is 11.6 Å². The van der Waals surface area contributed by atoms with Crippen molar-refractivity contribution in [3.63, 3.8) is 0 Å². The topological polar surface area (TPSA) is 36.4 Å². The Bertz CT molecular complexity index is 580. The van der Waals surface area contributed by atoms with Gasteiger partial charge >= 0.3 is 0 Å². The molecule has 1 aliphatic heterocycles. The summed E-state index contributed by atoms with van der Waals surface area (Å²) in [7, 11) is 0. The molecule has 3 nitrogen and oxygen atoms in total. The number of nitrogens with zero attached hydrogens (tertiary/aromatic N) is 2. The van der Waals surface area contributed by atoms with Crippen molar-refractivity contribution in [3.8, 4) is 0 Å². The molecule has 1 aliphatic rings. The van der Waals surface area contributed by atoms with Gasteiger partial charge < -0.3 is 5.11 Å². The Morgan fingerprint density at radius 2 is 1.86 bits per heavy atom. The Balaban J connectivity index is 1.53. The van der Waals surface area contributed by atoms with Gasteiger partial charge in [0.2, 0.25) is 0 Å². The summed E-state index contributed by atoms with van der Waals surface area (Å²) < 4.78 is 0. The predicted octanol–water partition coefficient (Wildman–Crippen LogP) is 3.68. The van der Waals surface area contributed by atoms with Crippen LogP contribution in [0.25, 0.3) is 0 Å². The van der Waals surface area contributed by atoms with E-state index in [-0.39, 0.29) is 6.10 Å². The summed E-state index contributed by atoms with van der Waals surface area (Å²) in [5.41, 5.74) is 2.08. The van der Waals surface area contributed by atoms with Crippen LogP contribution in [0.5, 0.6) is 0 Å². The lowest BCUT2D eigenvalue weighted by Crippen LogP contribution is -2.35. The molecule has 2 heterocycles. The summed E-state index contributed by atoms with van der Waals surface area (Å²) in [6.07, 6.45) is 3.38. The number of piperidine rings is 1. The number of likely N-dealkylation sites (tertiary alicyclic amines) is 1. The van der Waals surface area contributed by atoms with Gasteiger partial charge in [0.05, 0.1) is 16.8 Å². The van der Waals surface area contributed by atoms with Crippen molar-refractivity contribution in [3.05, 3.63) is 64.9 Å².